The van der Waals surface area contributed by atoms with Crippen LogP contribution in [-0.4, -0.2) is 60.9 Å². The molecule has 0 bridgehead atoms. The summed E-state index contributed by atoms with van der Waals surface area (Å²) in [6, 6.07) is 12.2. The molecule has 168 valence electrons. The molecule has 0 aromatic heterocycles. The molecule has 2 aliphatic heterocycles. The van der Waals surface area contributed by atoms with Gasteiger partial charge in [0.15, 0.2) is 0 Å². The van der Waals surface area contributed by atoms with E-state index >= 15 is 0 Å². The first-order valence-electron chi connectivity index (χ1n) is 10.9. The first-order chi connectivity index (χ1) is 15.4. The van der Waals surface area contributed by atoms with Gasteiger partial charge in [-0.05, 0) is 49.2 Å². The maximum absolute atomic E-state index is 12.7. The molecule has 2 fully saturated rings. The third-order valence-electron chi connectivity index (χ3n) is 6.10. The Morgan fingerprint density at radius 1 is 0.906 bits per heavy atom. The third kappa shape index (κ3) is 4.66. The Kier molecular flexibility index (Phi) is 6.25. The lowest BCUT2D eigenvalue weighted by Gasteiger charge is -2.35. The Bertz CT molecular complexity index is 1010. The first-order valence-corrected chi connectivity index (χ1v) is 10.9. The second kappa shape index (κ2) is 9.25. The van der Waals surface area contributed by atoms with E-state index in [0.717, 1.165) is 44.7 Å². The summed E-state index contributed by atoms with van der Waals surface area (Å²) >= 11 is 0. The maximum atomic E-state index is 12.7. The molecule has 2 aliphatic rings. The summed E-state index contributed by atoms with van der Waals surface area (Å²) in [5.41, 5.74) is 2.42. The minimum atomic E-state index is -0.426. The molecule has 32 heavy (non-hydrogen) atoms. The molecule has 2 aromatic rings. The van der Waals surface area contributed by atoms with Crippen molar-refractivity contribution in [2.45, 2.75) is 19.8 Å². The van der Waals surface area contributed by atoms with Gasteiger partial charge < -0.3 is 20.0 Å². The number of piperazine rings is 1. The quantitative estimate of drug-likeness (QED) is 0.570. The predicted molar refractivity (Wildman–Crippen MR) is 123 cm³/mol. The van der Waals surface area contributed by atoms with Crippen molar-refractivity contribution in [3.05, 3.63) is 58.1 Å². The summed E-state index contributed by atoms with van der Waals surface area (Å²) in [4.78, 5) is 41.4. The van der Waals surface area contributed by atoms with E-state index in [9.17, 15) is 19.7 Å². The van der Waals surface area contributed by atoms with Crippen molar-refractivity contribution in [3.63, 3.8) is 0 Å². The van der Waals surface area contributed by atoms with Gasteiger partial charge in [-0.2, -0.15) is 0 Å². The molecule has 2 aromatic carbocycles. The number of nitro groups is 1. The predicted octanol–water partition coefficient (Wildman–Crippen LogP) is 3.12. The van der Waals surface area contributed by atoms with E-state index in [0.29, 0.717) is 24.5 Å². The molecule has 2 heterocycles. The number of anilines is 3. The fourth-order valence-electron chi connectivity index (χ4n) is 4.27. The Balaban J connectivity index is 1.42. The van der Waals surface area contributed by atoms with Gasteiger partial charge >= 0.3 is 0 Å². The monoisotopic (exact) mass is 437 g/mol. The summed E-state index contributed by atoms with van der Waals surface area (Å²) < 4.78 is 0. The summed E-state index contributed by atoms with van der Waals surface area (Å²) in [5.74, 6) is -0.291. The summed E-state index contributed by atoms with van der Waals surface area (Å²) in [7, 11) is 0. The molecular weight excluding hydrogens is 410 g/mol. The highest BCUT2D eigenvalue weighted by Crippen LogP contribution is 2.32. The van der Waals surface area contributed by atoms with Crippen molar-refractivity contribution in [3.8, 4) is 0 Å². The molecule has 2 saturated heterocycles. The number of amides is 2. The molecule has 0 saturated carbocycles. The first kappa shape index (κ1) is 21.6. The Morgan fingerprint density at radius 3 is 2.16 bits per heavy atom. The molecule has 0 atom stereocenters. The van der Waals surface area contributed by atoms with Crippen LogP contribution in [0.5, 0.6) is 0 Å². The molecule has 0 radical (unpaired) electrons. The van der Waals surface area contributed by atoms with Gasteiger partial charge in [-0.3, -0.25) is 19.7 Å². The Morgan fingerprint density at radius 2 is 1.56 bits per heavy atom. The lowest BCUT2D eigenvalue weighted by Crippen LogP contribution is -2.48. The largest absolute Gasteiger partial charge is 0.368 e. The maximum Gasteiger partial charge on any atom is 0.293 e. The zero-order chi connectivity index (χ0) is 22.7. The van der Waals surface area contributed by atoms with Crippen molar-refractivity contribution < 1.29 is 14.5 Å². The number of carbonyl (C=O) groups is 2. The number of nitrogens with zero attached hydrogens (tertiary/aromatic N) is 4. The van der Waals surface area contributed by atoms with E-state index in [1.807, 2.05) is 34.1 Å². The van der Waals surface area contributed by atoms with Crippen LogP contribution in [0, 0.1) is 10.1 Å². The van der Waals surface area contributed by atoms with Crippen LogP contribution in [-0.2, 0) is 4.79 Å². The standard InChI is InChI=1S/C23H27N5O4/c1-17(29)25-12-14-26(15-13-25)20-7-5-19(6-8-20)24-23(30)18-4-9-21(22(16-18)28(31)32)27-10-2-3-11-27/h4-9,16H,2-3,10-15H2,1H3,(H,24,30). The smallest absolute Gasteiger partial charge is 0.293 e. The highest BCUT2D eigenvalue weighted by molar-refractivity contribution is 6.05. The van der Waals surface area contributed by atoms with Crippen molar-refractivity contribution in [2.24, 2.45) is 0 Å². The summed E-state index contributed by atoms with van der Waals surface area (Å²) in [6.45, 7) is 6.09. The molecule has 9 heteroatoms. The molecule has 1 N–H and O–H groups in total. The number of hydrogen-bond acceptors (Lipinski definition) is 6. The Labute approximate surface area is 186 Å². The number of hydrogen-bond donors (Lipinski definition) is 1. The van der Waals surface area contributed by atoms with Crippen LogP contribution in [0.1, 0.15) is 30.1 Å². The average Bonchev–Trinajstić information content (AvgIpc) is 3.34. The number of rotatable bonds is 5. The molecule has 2 amide bonds. The van der Waals surface area contributed by atoms with Crippen LogP contribution in [0.15, 0.2) is 42.5 Å². The van der Waals surface area contributed by atoms with Gasteiger partial charge in [-0.25, -0.2) is 0 Å². The van der Waals surface area contributed by atoms with Crippen LogP contribution < -0.4 is 15.1 Å². The van der Waals surface area contributed by atoms with Crippen molar-refractivity contribution in [1.29, 1.82) is 0 Å². The molecule has 0 aliphatic carbocycles. The van der Waals surface area contributed by atoms with Crippen LogP contribution in [0.2, 0.25) is 0 Å². The number of benzene rings is 2. The molecule has 9 nitrogen and oxygen atoms in total. The lowest BCUT2D eigenvalue weighted by atomic mass is 10.1. The number of carbonyl (C=O) groups excluding carboxylic acids is 2. The van der Waals surface area contributed by atoms with E-state index in [-0.39, 0.29) is 23.1 Å². The van der Waals surface area contributed by atoms with Crippen molar-refractivity contribution >= 4 is 34.6 Å². The van der Waals surface area contributed by atoms with Crippen molar-refractivity contribution in [2.75, 3.05) is 54.4 Å². The van der Waals surface area contributed by atoms with Gasteiger partial charge in [0.2, 0.25) is 5.91 Å². The summed E-state index contributed by atoms with van der Waals surface area (Å²) in [5, 5.41) is 14.4. The molecule has 0 unspecified atom stereocenters. The van der Waals surface area contributed by atoms with Crippen LogP contribution in [0.3, 0.4) is 0 Å². The van der Waals surface area contributed by atoms with E-state index in [1.54, 1.807) is 19.1 Å². The van der Waals surface area contributed by atoms with Gasteiger partial charge in [0.1, 0.15) is 5.69 Å². The van der Waals surface area contributed by atoms with Gasteiger partial charge in [-0.15, -0.1) is 0 Å². The highest BCUT2D eigenvalue weighted by Gasteiger charge is 2.24. The van der Waals surface area contributed by atoms with Crippen molar-refractivity contribution in [1.82, 2.24) is 4.90 Å². The minimum Gasteiger partial charge on any atom is -0.368 e. The Hall–Kier alpha value is -3.62. The second-order valence-corrected chi connectivity index (χ2v) is 8.15. The minimum absolute atomic E-state index is 0.0420. The summed E-state index contributed by atoms with van der Waals surface area (Å²) in [6.07, 6.45) is 2.03. The van der Waals surface area contributed by atoms with E-state index in [4.69, 9.17) is 0 Å². The van der Waals surface area contributed by atoms with Gasteiger partial charge in [0.05, 0.1) is 4.92 Å². The van der Waals surface area contributed by atoms with Crippen LogP contribution in [0.4, 0.5) is 22.7 Å². The second-order valence-electron chi connectivity index (χ2n) is 8.15. The average molecular weight is 438 g/mol. The van der Waals surface area contributed by atoms with Gasteiger partial charge in [-0.1, -0.05) is 0 Å². The molecule has 4 rings (SSSR count). The van der Waals surface area contributed by atoms with Gasteiger partial charge in [0.25, 0.3) is 11.6 Å². The van der Waals surface area contributed by atoms with Gasteiger partial charge in [0, 0.05) is 69.2 Å². The number of nitro benzene ring substituents is 1. The normalized spacial score (nSPS) is 16.2. The lowest BCUT2D eigenvalue weighted by molar-refractivity contribution is -0.384. The zero-order valence-corrected chi connectivity index (χ0v) is 18.1. The zero-order valence-electron chi connectivity index (χ0n) is 18.1. The third-order valence-corrected chi connectivity index (χ3v) is 6.10. The van der Waals surface area contributed by atoms with Crippen LogP contribution in [0.25, 0.3) is 0 Å². The van der Waals surface area contributed by atoms with Crippen LogP contribution >= 0.6 is 0 Å². The highest BCUT2D eigenvalue weighted by atomic mass is 16.6. The van der Waals surface area contributed by atoms with E-state index < -0.39 is 4.92 Å². The van der Waals surface area contributed by atoms with E-state index in [1.165, 1.54) is 6.07 Å². The fraction of sp³-hybridized carbons (Fsp3) is 0.391. The number of nitrogens with one attached hydrogen (secondary N) is 1. The SMILES string of the molecule is CC(=O)N1CCN(c2ccc(NC(=O)c3ccc(N4CCCC4)c([N+](=O)[O-])c3)cc2)CC1. The topological polar surface area (TPSA) is 99.0 Å². The fourth-order valence-corrected chi connectivity index (χ4v) is 4.27. The molecule has 0 spiro atoms. The van der Waals surface area contributed by atoms with E-state index in [2.05, 4.69) is 10.2 Å². The molecular formula is C23H27N5O4.